The number of rotatable bonds is 6. The number of H-pyrrole nitrogens is 1. The molecule has 1 aromatic heterocycles. The quantitative estimate of drug-likeness (QED) is 0.608. The largest absolute Gasteiger partial charge is 0.353 e. The normalized spacial score (nSPS) is 17.4. The number of carbonyl (C=O) groups is 2. The van der Waals surface area contributed by atoms with E-state index in [1.165, 1.54) is 0 Å². The summed E-state index contributed by atoms with van der Waals surface area (Å²) in [5, 5.41) is 5.80. The summed E-state index contributed by atoms with van der Waals surface area (Å²) in [5.41, 5.74) is 3.95. The molecule has 7 nitrogen and oxygen atoms in total. The Morgan fingerprint density at radius 1 is 1.18 bits per heavy atom. The zero-order chi connectivity index (χ0) is 19.3. The maximum Gasteiger partial charge on any atom is 0.237 e. The minimum absolute atomic E-state index is 0.0868. The number of imidazole rings is 1. The van der Waals surface area contributed by atoms with Crippen LogP contribution in [0.2, 0.25) is 0 Å². The molecule has 28 heavy (non-hydrogen) atoms. The zero-order valence-electron chi connectivity index (χ0n) is 15.5. The lowest BCUT2D eigenvalue weighted by Gasteiger charge is -2.34. The minimum atomic E-state index is -0.455. The SMILES string of the molecule is O=C(C[C@@H]1C(=O)NCCN1Cc1ccccc1)NCc1ccc2nc[nH]c2c1. The molecule has 0 spiro atoms. The number of aromatic nitrogens is 2. The second-order valence-corrected chi connectivity index (χ2v) is 7.00. The Bertz CT molecular complexity index is 969. The summed E-state index contributed by atoms with van der Waals surface area (Å²) >= 11 is 0. The predicted octanol–water partition coefficient (Wildman–Crippen LogP) is 1.57. The lowest BCUT2D eigenvalue weighted by Crippen LogP contribution is -2.56. The lowest BCUT2D eigenvalue weighted by atomic mass is 10.1. The summed E-state index contributed by atoms with van der Waals surface area (Å²) in [6.45, 7) is 2.41. The summed E-state index contributed by atoms with van der Waals surface area (Å²) in [7, 11) is 0. The van der Waals surface area contributed by atoms with Gasteiger partial charge in [0, 0.05) is 26.2 Å². The molecule has 2 amide bonds. The molecule has 3 aromatic rings. The highest BCUT2D eigenvalue weighted by Crippen LogP contribution is 2.15. The fourth-order valence-electron chi connectivity index (χ4n) is 3.53. The van der Waals surface area contributed by atoms with Gasteiger partial charge in [-0.2, -0.15) is 0 Å². The second-order valence-electron chi connectivity index (χ2n) is 7.00. The van der Waals surface area contributed by atoms with Gasteiger partial charge in [-0.1, -0.05) is 36.4 Å². The maximum atomic E-state index is 12.5. The molecule has 144 valence electrons. The van der Waals surface area contributed by atoms with Gasteiger partial charge in [-0.25, -0.2) is 4.98 Å². The van der Waals surface area contributed by atoms with Crippen molar-refractivity contribution in [1.29, 1.82) is 0 Å². The zero-order valence-corrected chi connectivity index (χ0v) is 15.5. The Kier molecular flexibility index (Phi) is 5.34. The van der Waals surface area contributed by atoms with Gasteiger partial charge in [0.1, 0.15) is 0 Å². The van der Waals surface area contributed by atoms with E-state index in [9.17, 15) is 9.59 Å². The van der Waals surface area contributed by atoms with Gasteiger partial charge in [-0.05, 0) is 23.3 Å². The highest BCUT2D eigenvalue weighted by molar-refractivity contribution is 5.88. The number of piperazine rings is 1. The molecule has 1 atom stereocenters. The third-order valence-corrected chi connectivity index (χ3v) is 5.02. The van der Waals surface area contributed by atoms with Crippen LogP contribution in [0.25, 0.3) is 11.0 Å². The average molecular weight is 377 g/mol. The van der Waals surface area contributed by atoms with Gasteiger partial charge >= 0.3 is 0 Å². The van der Waals surface area contributed by atoms with Gasteiger partial charge in [-0.15, -0.1) is 0 Å². The van der Waals surface area contributed by atoms with Gasteiger partial charge in [0.2, 0.25) is 11.8 Å². The smallest absolute Gasteiger partial charge is 0.237 e. The minimum Gasteiger partial charge on any atom is -0.353 e. The molecular weight excluding hydrogens is 354 g/mol. The lowest BCUT2D eigenvalue weighted by molar-refractivity contribution is -0.134. The Morgan fingerprint density at radius 3 is 2.89 bits per heavy atom. The van der Waals surface area contributed by atoms with Crippen LogP contribution in [0.4, 0.5) is 0 Å². The van der Waals surface area contributed by atoms with E-state index in [4.69, 9.17) is 0 Å². The van der Waals surface area contributed by atoms with Gasteiger partial charge in [-0.3, -0.25) is 14.5 Å². The van der Waals surface area contributed by atoms with E-state index in [2.05, 4.69) is 25.5 Å². The van der Waals surface area contributed by atoms with Crippen LogP contribution in [0.3, 0.4) is 0 Å². The highest BCUT2D eigenvalue weighted by atomic mass is 16.2. The molecule has 7 heteroatoms. The number of nitrogens with one attached hydrogen (secondary N) is 3. The van der Waals surface area contributed by atoms with Crippen LogP contribution in [0.5, 0.6) is 0 Å². The number of nitrogens with zero attached hydrogens (tertiary/aromatic N) is 2. The second kappa shape index (κ2) is 8.22. The highest BCUT2D eigenvalue weighted by Gasteiger charge is 2.31. The van der Waals surface area contributed by atoms with E-state index in [0.29, 0.717) is 19.6 Å². The molecule has 2 aromatic carbocycles. The van der Waals surface area contributed by atoms with Crippen LogP contribution in [-0.2, 0) is 22.7 Å². The molecule has 1 aliphatic rings. The third-order valence-electron chi connectivity index (χ3n) is 5.02. The number of hydrogen-bond donors (Lipinski definition) is 3. The number of carbonyl (C=O) groups excluding carboxylic acids is 2. The fourth-order valence-corrected chi connectivity index (χ4v) is 3.53. The van der Waals surface area contributed by atoms with E-state index in [-0.39, 0.29) is 18.2 Å². The van der Waals surface area contributed by atoms with Gasteiger partial charge in [0.25, 0.3) is 0 Å². The van der Waals surface area contributed by atoms with E-state index in [0.717, 1.165) is 28.7 Å². The monoisotopic (exact) mass is 377 g/mol. The molecule has 0 unspecified atom stereocenters. The summed E-state index contributed by atoms with van der Waals surface area (Å²) in [6.07, 6.45) is 1.79. The van der Waals surface area contributed by atoms with Crippen molar-refractivity contribution >= 4 is 22.8 Å². The van der Waals surface area contributed by atoms with Crippen molar-refractivity contribution in [2.24, 2.45) is 0 Å². The van der Waals surface area contributed by atoms with Crippen molar-refractivity contribution in [3.05, 3.63) is 66.0 Å². The molecule has 1 saturated heterocycles. The van der Waals surface area contributed by atoms with E-state index >= 15 is 0 Å². The van der Waals surface area contributed by atoms with Crippen LogP contribution in [0.15, 0.2) is 54.9 Å². The van der Waals surface area contributed by atoms with Gasteiger partial charge < -0.3 is 15.6 Å². The Hall–Kier alpha value is -3.19. The summed E-state index contributed by atoms with van der Waals surface area (Å²) < 4.78 is 0. The average Bonchev–Trinajstić information content (AvgIpc) is 3.18. The topological polar surface area (TPSA) is 90.1 Å². The van der Waals surface area contributed by atoms with Crippen molar-refractivity contribution in [2.45, 2.75) is 25.6 Å². The van der Waals surface area contributed by atoms with Crippen LogP contribution < -0.4 is 10.6 Å². The Balaban J connectivity index is 1.37. The molecule has 0 saturated carbocycles. The van der Waals surface area contributed by atoms with Crippen molar-refractivity contribution in [3.8, 4) is 0 Å². The van der Waals surface area contributed by atoms with Gasteiger partial charge in [0.15, 0.2) is 0 Å². The molecule has 0 bridgehead atoms. The van der Waals surface area contributed by atoms with Crippen molar-refractivity contribution in [2.75, 3.05) is 13.1 Å². The first-order chi connectivity index (χ1) is 13.7. The number of fused-ring (bicyclic) bond motifs is 1. The summed E-state index contributed by atoms with van der Waals surface area (Å²) in [6, 6.07) is 15.4. The van der Waals surface area contributed by atoms with Crippen LogP contribution >= 0.6 is 0 Å². The predicted molar refractivity (Wildman–Crippen MR) is 106 cm³/mol. The summed E-state index contributed by atoms with van der Waals surface area (Å²) in [4.78, 5) is 34.2. The number of hydrogen-bond acceptors (Lipinski definition) is 4. The van der Waals surface area contributed by atoms with Crippen molar-refractivity contribution < 1.29 is 9.59 Å². The summed E-state index contributed by atoms with van der Waals surface area (Å²) in [5.74, 6) is -0.221. The molecule has 3 N–H and O–H groups in total. The molecular formula is C21H23N5O2. The first-order valence-corrected chi connectivity index (χ1v) is 9.43. The number of amides is 2. The Labute approximate surface area is 163 Å². The number of benzene rings is 2. The molecule has 0 aliphatic carbocycles. The molecule has 1 aliphatic heterocycles. The van der Waals surface area contributed by atoms with E-state index < -0.39 is 6.04 Å². The van der Waals surface area contributed by atoms with Crippen molar-refractivity contribution in [1.82, 2.24) is 25.5 Å². The fraction of sp³-hybridized carbons (Fsp3) is 0.286. The van der Waals surface area contributed by atoms with Crippen molar-refractivity contribution in [3.63, 3.8) is 0 Å². The molecule has 1 fully saturated rings. The van der Waals surface area contributed by atoms with Crippen LogP contribution in [0.1, 0.15) is 17.5 Å². The van der Waals surface area contributed by atoms with E-state index in [1.54, 1.807) is 6.33 Å². The standard InChI is InChI=1S/C21H23N5O2/c27-20(23-12-16-6-7-17-18(10-16)25-14-24-17)11-19-21(28)22-8-9-26(19)13-15-4-2-1-3-5-15/h1-7,10,14,19H,8-9,11-13H2,(H,22,28)(H,23,27)(H,24,25)/t19-/m1/s1. The van der Waals surface area contributed by atoms with Crippen LogP contribution in [-0.4, -0.2) is 45.8 Å². The number of aromatic amines is 1. The third kappa shape index (κ3) is 4.20. The molecule has 0 radical (unpaired) electrons. The maximum absolute atomic E-state index is 12.5. The molecule has 2 heterocycles. The van der Waals surface area contributed by atoms with Gasteiger partial charge in [0.05, 0.1) is 29.8 Å². The van der Waals surface area contributed by atoms with E-state index in [1.807, 2.05) is 48.5 Å². The Morgan fingerprint density at radius 2 is 2.04 bits per heavy atom. The molecule has 4 rings (SSSR count). The first kappa shape index (κ1) is 18.2. The first-order valence-electron chi connectivity index (χ1n) is 9.43. The van der Waals surface area contributed by atoms with Crippen LogP contribution in [0, 0.1) is 0 Å².